The molecule has 2 aliphatic carbocycles. The fourth-order valence-electron chi connectivity index (χ4n) is 2.94. The summed E-state index contributed by atoms with van der Waals surface area (Å²) in [6.45, 7) is 4.32. The summed E-state index contributed by atoms with van der Waals surface area (Å²) in [5.41, 5.74) is 1.39. The average molecular weight is 178 g/mol. The first kappa shape index (κ1) is 8.98. The van der Waals surface area contributed by atoms with Gasteiger partial charge in [-0.3, -0.25) is 4.79 Å². The smallest absolute Gasteiger partial charge is 0.139 e. The predicted octanol–water partition coefficient (Wildman–Crippen LogP) is 3.10. The molecule has 2 aliphatic rings. The second-order valence-electron chi connectivity index (χ2n) is 4.88. The Labute approximate surface area is 80.2 Å². The van der Waals surface area contributed by atoms with Crippen LogP contribution in [0.25, 0.3) is 0 Å². The van der Waals surface area contributed by atoms with Crippen LogP contribution in [0.15, 0.2) is 11.6 Å². The molecule has 0 spiro atoms. The molecule has 1 fully saturated rings. The molecule has 0 aromatic carbocycles. The van der Waals surface area contributed by atoms with Gasteiger partial charge in [0.2, 0.25) is 0 Å². The number of fused-ring (bicyclic) bond motifs is 1. The maximum atomic E-state index is 11.9. The summed E-state index contributed by atoms with van der Waals surface area (Å²) >= 11 is 0. The van der Waals surface area contributed by atoms with Crippen molar-refractivity contribution in [2.45, 2.75) is 46.0 Å². The molecular formula is C12H18O. The molecule has 1 saturated carbocycles. The van der Waals surface area contributed by atoms with Crippen molar-refractivity contribution in [2.24, 2.45) is 11.3 Å². The van der Waals surface area contributed by atoms with E-state index in [1.54, 1.807) is 0 Å². The van der Waals surface area contributed by atoms with E-state index in [0.29, 0.717) is 11.7 Å². The highest BCUT2D eigenvalue weighted by Crippen LogP contribution is 2.47. The summed E-state index contributed by atoms with van der Waals surface area (Å²) in [6, 6.07) is 0. The minimum Gasteiger partial charge on any atom is -0.299 e. The third-order valence-electron chi connectivity index (χ3n) is 3.76. The highest BCUT2D eigenvalue weighted by molar-refractivity contribution is 5.86. The molecule has 0 amide bonds. The predicted molar refractivity (Wildman–Crippen MR) is 53.4 cm³/mol. The molecule has 0 aromatic heterocycles. The first-order valence-corrected chi connectivity index (χ1v) is 5.33. The molecule has 0 N–H and O–H groups in total. The van der Waals surface area contributed by atoms with Crippen LogP contribution in [0.1, 0.15) is 46.0 Å². The largest absolute Gasteiger partial charge is 0.299 e. The summed E-state index contributed by atoms with van der Waals surface area (Å²) in [5.74, 6) is 1.05. The van der Waals surface area contributed by atoms with Gasteiger partial charge in [0.05, 0.1) is 0 Å². The summed E-state index contributed by atoms with van der Waals surface area (Å²) < 4.78 is 0. The Morgan fingerprint density at radius 3 is 3.00 bits per heavy atom. The van der Waals surface area contributed by atoms with Crippen molar-refractivity contribution in [1.82, 2.24) is 0 Å². The second-order valence-corrected chi connectivity index (χ2v) is 4.88. The summed E-state index contributed by atoms with van der Waals surface area (Å²) in [5, 5.41) is 0. The lowest BCUT2D eigenvalue weighted by Crippen LogP contribution is -2.30. The first-order chi connectivity index (χ1) is 6.13. The monoisotopic (exact) mass is 178 g/mol. The van der Waals surface area contributed by atoms with E-state index in [-0.39, 0.29) is 5.41 Å². The van der Waals surface area contributed by atoms with E-state index in [0.717, 1.165) is 19.3 Å². The van der Waals surface area contributed by atoms with Gasteiger partial charge in [-0.2, -0.15) is 0 Å². The highest BCUT2D eigenvalue weighted by atomic mass is 16.1. The molecule has 0 heterocycles. The Morgan fingerprint density at radius 2 is 2.23 bits per heavy atom. The standard InChI is InChI=1S/C12H18O/c1-9-7-10-5-3-4-6-11(13)12(10,2)8-9/h7,10H,3-6,8H2,1-2H3. The zero-order chi connectivity index (χ0) is 9.47. The van der Waals surface area contributed by atoms with Gasteiger partial charge < -0.3 is 0 Å². The lowest BCUT2D eigenvalue weighted by molar-refractivity contribution is -0.128. The van der Waals surface area contributed by atoms with E-state index in [1.165, 1.54) is 18.4 Å². The lowest BCUT2D eigenvalue weighted by Gasteiger charge is -2.27. The van der Waals surface area contributed by atoms with Crippen molar-refractivity contribution < 1.29 is 4.79 Å². The minimum atomic E-state index is -0.0272. The fraction of sp³-hybridized carbons (Fsp3) is 0.750. The molecule has 2 atom stereocenters. The molecule has 0 aliphatic heterocycles. The Bertz CT molecular complexity index is 264. The molecule has 0 bridgehead atoms. The van der Waals surface area contributed by atoms with E-state index in [9.17, 15) is 4.79 Å². The van der Waals surface area contributed by atoms with E-state index >= 15 is 0 Å². The maximum Gasteiger partial charge on any atom is 0.139 e. The van der Waals surface area contributed by atoms with Crippen molar-refractivity contribution in [3.8, 4) is 0 Å². The van der Waals surface area contributed by atoms with Gasteiger partial charge >= 0.3 is 0 Å². The molecule has 2 rings (SSSR count). The molecule has 13 heavy (non-hydrogen) atoms. The van der Waals surface area contributed by atoms with E-state index in [1.807, 2.05) is 0 Å². The number of ketones is 1. The van der Waals surface area contributed by atoms with Crippen molar-refractivity contribution >= 4 is 5.78 Å². The molecular weight excluding hydrogens is 160 g/mol. The van der Waals surface area contributed by atoms with Gasteiger partial charge in [0.1, 0.15) is 5.78 Å². The van der Waals surface area contributed by atoms with Crippen LogP contribution in [0.5, 0.6) is 0 Å². The van der Waals surface area contributed by atoms with Gasteiger partial charge in [0.15, 0.2) is 0 Å². The van der Waals surface area contributed by atoms with Gasteiger partial charge in [-0.25, -0.2) is 0 Å². The van der Waals surface area contributed by atoms with Gasteiger partial charge in [-0.05, 0) is 32.1 Å². The van der Waals surface area contributed by atoms with Crippen LogP contribution in [0.3, 0.4) is 0 Å². The number of hydrogen-bond acceptors (Lipinski definition) is 1. The Morgan fingerprint density at radius 1 is 1.46 bits per heavy atom. The molecule has 1 heteroatoms. The van der Waals surface area contributed by atoms with Crippen LogP contribution >= 0.6 is 0 Å². The van der Waals surface area contributed by atoms with Gasteiger partial charge in [0, 0.05) is 11.8 Å². The molecule has 72 valence electrons. The Balaban J connectivity index is 2.29. The van der Waals surface area contributed by atoms with Crippen LogP contribution in [0.4, 0.5) is 0 Å². The quantitative estimate of drug-likeness (QED) is 0.521. The number of hydrogen-bond donors (Lipinski definition) is 0. The van der Waals surface area contributed by atoms with Gasteiger partial charge in [-0.15, -0.1) is 0 Å². The average Bonchev–Trinajstić information content (AvgIpc) is 2.29. The van der Waals surface area contributed by atoms with Crippen LogP contribution < -0.4 is 0 Å². The number of carbonyl (C=O) groups is 1. The summed E-state index contributed by atoms with van der Waals surface area (Å²) in [4.78, 5) is 11.9. The normalized spacial score (nSPS) is 39.7. The van der Waals surface area contributed by atoms with Crippen LogP contribution in [0, 0.1) is 11.3 Å². The van der Waals surface area contributed by atoms with Crippen LogP contribution in [0.2, 0.25) is 0 Å². The number of rotatable bonds is 0. The topological polar surface area (TPSA) is 17.1 Å². The zero-order valence-electron chi connectivity index (χ0n) is 8.60. The summed E-state index contributed by atoms with van der Waals surface area (Å²) in [7, 11) is 0. The number of allylic oxidation sites excluding steroid dienone is 2. The maximum absolute atomic E-state index is 11.9. The van der Waals surface area contributed by atoms with Crippen LogP contribution in [-0.4, -0.2) is 5.78 Å². The zero-order valence-corrected chi connectivity index (χ0v) is 8.60. The highest BCUT2D eigenvalue weighted by Gasteiger charge is 2.43. The fourth-order valence-corrected chi connectivity index (χ4v) is 2.94. The number of Topliss-reactive ketones (excluding diaryl/α,β-unsaturated/α-hetero) is 1. The Hall–Kier alpha value is -0.590. The van der Waals surface area contributed by atoms with Crippen molar-refractivity contribution in [3.05, 3.63) is 11.6 Å². The molecule has 0 aromatic rings. The minimum absolute atomic E-state index is 0.0272. The van der Waals surface area contributed by atoms with Gasteiger partial charge in [-0.1, -0.05) is 25.0 Å². The van der Waals surface area contributed by atoms with E-state index < -0.39 is 0 Å². The van der Waals surface area contributed by atoms with E-state index in [2.05, 4.69) is 19.9 Å². The first-order valence-electron chi connectivity index (χ1n) is 5.33. The molecule has 1 nitrogen and oxygen atoms in total. The van der Waals surface area contributed by atoms with Crippen molar-refractivity contribution in [2.75, 3.05) is 0 Å². The number of carbonyl (C=O) groups excluding carboxylic acids is 1. The van der Waals surface area contributed by atoms with Crippen molar-refractivity contribution in [3.63, 3.8) is 0 Å². The van der Waals surface area contributed by atoms with Crippen molar-refractivity contribution in [1.29, 1.82) is 0 Å². The lowest BCUT2D eigenvalue weighted by atomic mass is 9.74. The second kappa shape index (κ2) is 2.97. The molecule has 2 unspecified atom stereocenters. The summed E-state index contributed by atoms with van der Waals surface area (Å²) in [6.07, 6.45) is 7.72. The van der Waals surface area contributed by atoms with Gasteiger partial charge in [0.25, 0.3) is 0 Å². The molecule has 0 radical (unpaired) electrons. The Kier molecular flexibility index (Phi) is 2.05. The third kappa shape index (κ3) is 1.34. The third-order valence-corrected chi connectivity index (χ3v) is 3.76. The SMILES string of the molecule is CC1=CC2CCCCC(=O)C2(C)C1. The van der Waals surface area contributed by atoms with E-state index in [4.69, 9.17) is 0 Å². The molecule has 0 saturated heterocycles. The van der Waals surface area contributed by atoms with Crippen LogP contribution in [-0.2, 0) is 4.79 Å².